The molecule has 3 rings (SSSR count). The van der Waals surface area contributed by atoms with E-state index in [0.717, 1.165) is 36.5 Å². The van der Waals surface area contributed by atoms with Gasteiger partial charge in [0.25, 0.3) is 0 Å². The highest BCUT2D eigenvalue weighted by atomic mass is 15.2. The van der Waals surface area contributed by atoms with E-state index in [4.69, 9.17) is 4.98 Å². The lowest BCUT2D eigenvalue weighted by atomic mass is 10.2. The van der Waals surface area contributed by atoms with Crippen LogP contribution < -0.4 is 10.2 Å². The minimum absolute atomic E-state index is 0.553. The summed E-state index contributed by atoms with van der Waals surface area (Å²) >= 11 is 0. The average molecular weight is 270 g/mol. The zero-order valence-corrected chi connectivity index (χ0v) is 12.0. The van der Waals surface area contributed by atoms with Crippen molar-refractivity contribution in [3.63, 3.8) is 0 Å². The van der Waals surface area contributed by atoms with E-state index in [1.165, 1.54) is 19.3 Å². The van der Waals surface area contributed by atoms with Crippen LogP contribution in [0.3, 0.4) is 0 Å². The summed E-state index contributed by atoms with van der Waals surface area (Å²) in [6.07, 6.45) is 5.58. The molecule has 2 heterocycles. The molecule has 1 N–H and O–H groups in total. The Morgan fingerprint density at radius 2 is 2.15 bits per heavy atom. The van der Waals surface area contributed by atoms with E-state index in [9.17, 15) is 0 Å². The number of nitrogens with zero attached hydrogens (tertiary/aromatic N) is 3. The summed E-state index contributed by atoms with van der Waals surface area (Å²) in [5, 5.41) is 3.52. The Balaban J connectivity index is 1.78. The van der Waals surface area contributed by atoms with Gasteiger partial charge in [-0.3, -0.25) is 4.98 Å². The first kappa shape index (κ1) is 13.3. The van der Waals surface area contributed by atoms with Crippen molar-refractivity contribution in [3.05, 3.63) is 30.5 Å². The molecular weight excluding hydrogens is 248 g/mol. The number of para-hydroxylation sites is 2. The van der Waals surface area contributed by atoms with Crippen molar-refractivity contribution >= 4 is 16.9 Å². The van der Waals surface area contributed by atoms with Gasteiger partial charge >= 0.3 is 0 Å². The van der Waals surface area contributed by atoms with Gasteiger partial charge < -0.3 is 10.2 Å². The van der Waals surface area contributed by atoms with Crippen LogP contribution in [0.5, 0.6) is 0 Å². The number of aromatic nitrogens is 2. The summed E-state index contributed by atoms with van der Waals surface area (Å²) in [5.74, 6) is 1.02. The van der Waals surface area contributed by atoms with Crippen molar-refractivity contribution in [3.8, 4) is 0 Å². The van der Waals surface area contributed by atoms with Crippen molar-refractivity contribution in [2.45, 2.75) is 32.2 Å². The van der Waals surface area contributed by atoms with Crippen LogP contribution in [0.15, 0.2) is 30.5 Å². The van der Waals surface area contributed by atoms with E-state index >= 15 is 0 Å². The highest BCUT2D eigenvalue weighted by Gasteiger charge is 2.25. The molecule has 106 valence electrons. The summed E-state index contributed by atoms with van der Waals surface area (Å²) < 4.78 is 0. The van der Waals surface area contributed by atoms with Crippen molar-refractivity contribution in [2.24, 2.45) is 0 Å². The molecule has 1 atom stereocenters. The molecule has 0 spiro atoms. The lowest BCUT2D eigenvalue weighted by Crippen LogP contribution is -2.38. The lowest BCUT2D eigenvalue weighted by Gasteiger charge is -2.25. The first-order chi connectivity index (χ1) is 9.88. The number of nitrogens with one attached hydrogen (secondary N) is 1. The number of anilines is 1. The molecule has 4 nitrogen and oxygen atoms in total. The summed E-state index contributed by atoms with van der Waals surface area (Å²) in [5.41, 5.74) is 1.95. The monoisotopic (exact) mass is 270 g/mol. The Kier molecular flexibility index (Phi) is 4.11. The van der Waals surface area contributed by atoms with Crippen LogP contribution in [-0.4, -0.2) is 35.6 Å². The number of fused-ring (bicyclic) bond motifs is 1. The molecule has 1 saturated heterocycles. The fourth-order valence-electron chi connectivity index (χ4n) is 2.88. The summed E-state index contributed by atoms with van der Waals surface area (Å²) in [6.45, 7) is 5.43. The zero-order chi connectivity index (χ0) is 13.8. The molecule has 20 heavy (non-hydrogen) atoms. The van der Waals surface area contributed by atoms with Gasteiger partial charge in [0.2, 0.25) is 0 Å². The summed E-state index contributed by atoms with van der Waals surface area (Å²) in [7, 11) is 0. The van der Waals surface area contributed by atoms with Crippen molar-refractivity contribution in [2.75, 3.05) is 24.5 Å². The standard InChI is InChI=1S/C16H22N4/c1-2-9-17-11-13-6-5-10-20(13)16-12-18-14-7-3-4-8-15(14)19-16/h3-4,7-8,12-13,17H,2,5-6,9-11H2,1H3. The third kappa shape index (κ3) is 2.75. The Morgan fingerprint density at radius 3 is 3.00 bits per heavy atom. The maximum absolute atomic E-state index is 4.77. The zero-order valence-electron chi connectivity index (χ0n) is 12.0. The Bertz CT molecular complexity index is 569. The smallest absolute Gasteiger partial charge is 0.148 e. The maximum atomic E-state index is 4.77. The molecule has 1 aromatic carbocycles. The second kappa shape index (κ2) is 6.18. The van der Waals surface area contributed by atoms with Crippen molar-refractivity contribution < 1.29 is 0 Å². The van der Waals surface area contributed by atoms with Gasteiger partial charge in [-0.2, -0.15) is 0 Å². The van der Waals surface area contributed by atoms with Crippen LogP contribution in [-0.2, 0) is 0 Å². The molecule has 1 aromatic heterocycles. The number of hydrogen-bond donors (Lipinski definition) is 1. The van der Waals surface area contributed by atoms with Crippen LogP contribution in [0, 0.1) is 0 Å². The first-order valence-electron chi connectivity index (χ1n) is 7.57. The Morgan fingerprint density at radius 1 is 1.30 bits per heavy atom. The van der Waals surface area contributed by atoms with Crippen molar-refractivity contribution in [1.82, 2.24) is 15.3 Å². The van der Waals surface area contributed by atoms with Gasteiger partial charge in [0.15, 0.2) is 0 Å². The first-order valence-corrected chi connectivity index (χ1v) is 7.57. The molecule has 1 fully saturated rings. The molecule has 0 amide bonds. The SMILES string of the molecule is CCCNCC1CCCN1c1cnc2ccccc2n1. The third-order valence-corrected chi connectivity index (χ3v) is 3.91. The van der Waals surface area contributed by atoms with Gasteiger partial charge in [0.1, 0.15) is 5.82 Å². The van der Waals surface area contributed by atoms with Crippen LogP contribution >= 0.6 is 0 Å². The van der Waals surface area contributed by atoms with E-state index in [1.54, 1.807) is 0 Å². The maximum Gasteiger partial charge on any atom is 0.148 e. The molecule has 0 bridgehead atoms. The van der Waals surface area contributed by atoms with Crippen LogP contribution in [0.4, 0.5) is 5.82 Å². The average Bonchev–Trinajstić information content (AvgIpc) is 2.95. The molecule has 1 aliphatic heterocycles. The predicted octanol–water partition coefficient (Wildman–Crippen LogP) is 2.60. The van der Waals surface area contributed by atoms with Crippen LogP contribution in [0.1, 0.15) is 26.2 Å². The molecule has 0 radical (unpaired) electrons. The molecule has 1 unspecified atom stereocenters. The lowest BCUT2D eigenvalue weighted by molar-refractivity contribution is 0.568. The van der Waals surface area contributed by atoms with Gasteiger partial charge in [-0.1, -0.05) is 19.1 Å². The van der Waals surface area contributed by atoms with Gasteiger partial charge in [-0.15, -0.1) is 0 Å². The molecular formula is C16H22N4. The number of hydrogen-bond acceptors (Lipinski definition) is 4. The normalized spacial score (nSPS) is 18.9. The third-order valence-electron chi connectivity index (χ3n) is 3.91. The second-order valence-electron chi connectivity index (χ2n) is 5.41. The second-order valence-corrected chi connectivity index (χ2v) is 5.41. The molecule has 0 aliphatic carbocycles. The van der Waals surface area contributed by atoms with E-state index in [0.29, 0.717) is 6.04 Å². The van der Waals surface area contributed by atoms with Crippen LogP contribution in [0.2, 0.25) is 0 Å². The topological polar surface area (TPSA) is 41.0 Å². The van der Waals surface area contributed by atoms with E-state index < -0.39 is 0 Å². The summed E-state index contributed by atoms with van der Waals surface area (Å²) in [6, 6.07) is 8.62. The van der Waals surface area contributed by atoms with Crippen molar-refractivity contribution in [1.29, 1.82) is 0 Å². The highest BCUT2D eigenvalue weighted by Crippen LogP contribution is 2.24. The Hall–Kier alpha value is -1.68. The fourth-order valence-corrected chi connectivity index (χ4v) is 2.88. The van der Waals surface area contributed by atoms with E-state index in [-0.39, 0.29) is 0 Å². The van der Waals surface area contributed by atoms with E-state index in [2.05, 4.69) is 22.1 Å². The van der Waals surface area contributed by atoms with Gasteiger partial charge in [0.05, 0.1) is 17.2 Å². The molecule has 1 aliphatic rings. The number of benzene rings is 1. The molecule has 2 aromatic rings. The Labute approximate surface area is 120 Å². The largest absolute Gasteiger partial charge is 0.351 e. The summed E-state index contributed by atoms with van der Waals surface area (Å²) in [4.78, 5) is 11.7. The molecule has 4 heteroatoms. The van der Waals surface area contributed by atoms with Gasteiger partial charge in [0, 0.05) is 19.1 Å². The minimum atomic E-state index is 0.553. The minimum Gasteiger partial charge on any atom is -0.351 e. The van der Waals surface area contributed by atoms with Crippen LogP contribution in [0.25, 0.3) is 11.0 Å². The predicted molar refractivity (Wildman–Crippen MR) is 83.1 cm³/mol. The van der Waals surface area contributed by atoms with Gasteiger partial charge in [-0.05, 0) is 37.9 Å². The highest BCUT2D eigenvalue weighted by molar-refractivity contribution is 5.75. The van der Waals surface area contributed by atoms with Gasteiger partial charge in [-0.25, -0.2) is 4.98 Å². The molecule has 0 saturated carbocycles. The van der Waals surface area contributed by atoms with E-state index in [1.807, 2.05) is 30.5 Å². The number of rotatable bonds is 5. The fraction of sp³-hybridized carbons (Fsp3) is 0.500. The quantitative estimate of drug-likeness (QED) is 0.848.